The normalized spacial score (nSPS) is 18.4. The summed E-state index contributed by atoms with van der Waals surface area (Å²) in [5.41, 5.74) is -1.47. The Bertz CT molecular complexity index is 667. The average molecular weight is 328 g/mol. The molecular weight excluding hydrogens is 317 g/mol. The van der Waals surface area contributed by atoms with Crippen LogP contribution in [0.2, 0.25) is 0 Å². The molecule has 0 spiro atoms. The lowest BCUT2D eigenvalue weighted by atomic mass is 10.1. The van der Waals surface area contributed by atoms with E-state index in [-0.39, 0.29) is 34.9 Å². The van der Waals surface area contributed by atoms with Crippen molar-refractivity contribution in [3.05, 3.63) is 29.3 Å². The van der Waals surface area contributed by atoms with E-state index in [1.54, 1.807) is 0 Å². The molecule has 1 aromatic rings. The number of rotatable bonds is 2. The number of carbonyl (C=O) groups excluding carboxylic acids is 2. The highest BCUT2D eigenvalue weighted by Crippen LogP contribution is 2.36. The lowest BCUT2D eigenvalue weighted by Crippen LogP contribution is -2.25. The van der Waals surface area contributed by atoms with Crippen molar-refractivity contribution in [1.29, 1.82) is 5.26 Å². The third kappa shape index (κ3) is 3.42. The lowest BCUT2D eigenvalue weighted by molar-refractivity contribution is -0.137. The van der Waals surface area contributed by atoms with E-state index in [9.17, 15) is 22.8 Å². The number of amides is 1. The van der Waals surface area contributed by atoms with Gasteiger partial charge in [-0.15, -0.1) is 0 Å². The highest BCUT2D eigenvalue weighted by molar-refractivity contribution is 8.14. The molecule has 0 aromatic heterocycles. The molecule has 1 amide bonds. The van der Waals surface area contributed by atoms with Crippen LogP contribution in [0.3, 0.4) is 0 Å². The third-order valence-corrected chi connectivity index (χ3v) is 4.14. The van der Waals surface area contributed by atoms with Crippen molar-refractivity contribution in [2.45, 2.75) is 24.8 Å². The van der Waals surface area contributed by atoms with Gasteiger partial charge in [0.05, 0.1) is 17.2 Å². The number of hydrogen-bond acceptors (Lipinski definition) is 4. The fourth-order valence-electron chi connectivity index (χ4n) is 2.27. The van der Waals surface area contributed by atoms with E-state index >= 15 is 0 Å². The molecule has 2 rings (SSSR count). The Kier molecular flexibility index (Phi) is 4.47. The van der Waals surface area contributed by atoms with Gasteiger partial charge in [-0.25, -0.2) is 0 Å². The summed E-state index contributed by atoms with van der Waals surface area (Å²) in [5.74, 6) is -0.336. The van der Waals surface area contributed by atoms with Crippen LogP contribution in [0, 0.1) is 11.3 Å². The molecular formula is C14H11F3N2O2S. The molecule has 0 saturated carbocycles. The van der Waals surface area contributed by atoms with Gasteiger partial charge in [-0.1, -0.05) is 11.8 Å². The van der Waals surface area contributed by atoms with Crippen molar-refractivity contribution >= 4 is 28.5 Å². The van der Waals surface area contributed by atoms with E-state index in [0.29, 0.717) is 0 Å². The van der Waals surface area contributed by atoms with Crippen molar-refractivity contribution < 1.29 is 22.8 Å². The molecule has 1 aliphatic heterocycles. The van der Waals surface area contributed by atoms with Crippen LogP contribution < -0.4 is 4.90 Å². The number of nitrogens with zero attached hydrogens (tertiary/aromatic N) is 2. The van der Waals surface area contributed by atoms with Crippen LogP contribution in [0.1, 0.15) is 24.5 Å². The van der Waals surface area contributed by atoms with Crippen molar-refractivity contribution in [2.75, 3.05) is 11.4 Å². The second-order valence-electron chi connectivity index (χ2n) is 4.78. The van der Waals surface area contributed by atoms with Gasteiger partial charge in [0.15, 0.2) is 5.12 Å². The summed E-state index contributed by atoms with van der Waals surface area (Å²) in [6.07, 6.45) is -4.57. The second kappa shape index (κ2) is 6.01. The van der Waals surface area contributed by atoms with Crippen molar-refractivity contribution in [2.24, 2.45) is 0 Å². The second-order valence-corrected chi connectivity index (χ2v) is 6.26. The van der Waals surface area contributed by atoms with Gasteiger partial charge in [-0.05, 0) is 18.2 Å². The van der Waals surface area contributed by atoms with Crippen LogP contribution in [0.15, 0.2) is 18.2 Å². The Morgan fingerprint density at radius 1 is 1.45 bits per heavy atom. The van der Waals surface area contributed by atoms with Crippen molar-refractivity contribution in [1.82, 2.24) is 0 Å². The molecule has 22 heavy (non-hydrogen) atoms. The monoisotopic (exact) mass is 328 g/mol. The van der Waals surface area contributed by atoms with E-state index in [1.807, 2.05) is 0 Å². The molecule has 0 radical (unpaired) electrons. The SMILES string of the molecule is CC(=O)SC1CC(=O)N(c2ccc(C#N)c(C(F)(F)F)c2)C1. The zero-order chi connectivity index (χ0) is 16.5. The smallest absolute Gasteiger partial charge is 0.311 e. The maximum absolute atomic E-state index is 12.9. The molecule has 1 aromatic carbocycles. The molecule has 8 heteroatoms. The van der Waals surface area contributed by atoms with Crippen LogP contribution >= 0.6 is 11.8 Å². The first kappa shape index (κ1) is 16.4. The van der Waals surface area contributed by atoms with Gasteiger partial charge < -0.3 is 4.90 Å². The molecule has 0 aliphatic carbocycles. The summed E-state index contributed by atoms with van der Waals surface area (Å²) in [6.45, 7) is 1.55. The molecule has 1 fully saturated rings. The van der Waals surface area contributed by atoms with Gasteiger partial charge in [0, 0.05) is 30.8 Å². The molecule has 1 unspecified atom stereocenters. The van der Waals surface area contributed by atoms with Gasteiger partial charge >= 0.3 is 6.18 Å². The minimum atomic E-state index is -4.67. The first-order chi connectivity index (χ1) is 10.2. The lowest BCUT2D eigenvalue weighted by Gasteiger charge is -2.19. The fraction of sp³-hybridized carbons (Fsp3) is 0.357. The third-order valence-electron chi connectivity index (χ3n) is 3.16. The maximum atomic E-state index is 12.9. The Labute approximate surface area is 128 Å². The Morgan fingerprint density at radius 3 is 2.68 bits per heavy atom. The van der Waals surface area contributed by atoms with Crippen LogP contribution in [0.4, 0.5) is 18.9 Å². The maximum Gasteiger partial charge on any atom is 0.417 e. The molecule has 4 nitrogen and oxygen atoms in total. The number of hydrogen-bond donors (Lipinski definition) is 0. The first-order valence-electron chi connectivity index (χ1n) is 6.31. The molecule has 1 saturated heterocycles. The molecule has 1 atom stereocenters. The summed E-state index contributed by atoms with van der Waals surface area (Å²) in [5, 5.41) is 8.35. The number of anilines is 1. The highest BCUT2D eigenvalue weighted by Gasteiger charge is 2.36. The minimum absolute atomic E-state index is 0.0861. The number of alkyl halides is 3. The zero-order valence-corrected chi connectivity index (χ0v) is 12.3. The number of carbonyl (C=O) groups is 2. The number of nitriles is 1. The van der Waals surface area contributed by atoms with Crippen LogP contribution in [0.5, 0.6) is 0 Å². The van der Waals surface area contributed by atoms with Crippen molar-refractivity contribution in [3.8, 4) is 6.07 Å². The summed E-state index contributed by atoms with van der Waals surface area (Å²) < 4.78 is 38.8. The molecule has 1 aliphatic rings. The van der Waals surface area contributed by atoms with Gasteiger partial charge in [0.1, 0.15) is 0 Å². The number of halogens is 3. The van der Waals surface area contributed by atoms with E-state index in [4.69, 9.17) is 5.26 Å². The minimum Gasteiger partial charge on any atom is -0.311 e. The van der Waals surface area contributed by atoms with E-state index in [2.05, 4.69) is 0 Å². The van der Waals surface area contributed by atoms with Gasteiger partial charge in [-0.2, -0.15) is 18.4 Å². The quantitative estimate of drug-likeness (QED) is 0.837. The summed E-state index contributed by atoms with van der Waals surface area (Å²) in [4.78, 5) is 24.2. The van der Waals surface area contributed by atoms with Crippen LogP contribution in [0.25, 0.3) is 0 Å². The summed E-state index contributed by atoms with van der Waals surface area (Å²) >= 11 is 1.01. The van der Waals surface area contributed by atoms with E-state index in [1.165, 1.54) is 24.0 Å². The summed E-state index contributed by atoms with van der Waals surface area (Å²) in [7, 11) is 0. The molecule has 116 valence electrons. The molecule has 1 heterocycles. The summed E-state index contributed by atoms with van der Waals surface area (Å²) in [6, 6.07) is 4.66. The zero-order valence-electron chi connectivity index (χ0n) is 11.5. The standard InChI is InChI=1S/C14H11F3N2O2S/c1-8(20)22-11-5-13(21)19(7-11)10-3-2-9(6-18)12(4-10)14(15,16)17/h2-4,11H,5,7H2,1H3. The molecule has 0 bridgehead atoms. The van der Waals surface area contributed by atoms with Crippen molar-refractivity contribution in [3.63, 3.8) is 0 Å². The van der Waals surface area contributed by atoms with Crippen LogP contribution in [-0.4, -0.2) is 22.8 Å². The van der Waals surface area contributed by atoms with Gasteiger partial charge in [0.2, 0.25) is 5.91 Å². The largest absolute Gasteiger partial charge is 0.417 e. The average Bonchev–Trinajstić information content (AvgIpc) is 2.77. The van der Waals surface area contributed by atoms with E-state index in [0.717, 1.165) is 23.9 Å². The predicted octanol–water partition coefficient (Wildman–Crippen LogP) is 2.96. The molecule has 0 N–H and O–H groups in total. The Balaban J connectivity index is 2.32. The Morgan fingerprint density at radius 2 is 2.14 bits per heavy atom. The first-order valence-corrected chi connectivity index (χ1v) is 7.19. The van der Waals surface area contributed by atoms with Gasteiger partial charge in [0.25, 0.3) is 0 Å². The highest BCUT2D eigenvalue weighted by atomic mass is 32.2. The van der Waals surface area contributed by atoms with Gasteiger partial charge in [-0.3, -0.25) is 9.59 Å². The van der Waals surface area contributed by atoms with Crippen LogP contribution in [-0.2, 0) is 15.8 Å². The Hall–Kier alpha value is -2.01. The fourth-order valence-corrected chi connectivity index (χ4v) is 3.19. The number of thioether (sulfide) groups is 1. The topological polar surface area (TPSA) is 61.2 Å². The number of benzene rings is 1. The predicted molar refractivity (Wildman–Crippen MR) is 75.2 cm³/mol. The van der Waals surface area contributed by atoms with E-state index < -0.39 is 17.3 Å².